The number of nitrogens with one attached hydrogen (secondary N) is 2. The van der Waals surface area contributed by atoms with Gasteiger partial charge < -0.3 is 20.1 Å². The zero-order valence-electron chi connectivity index (χ0n) is 22.2. The number of rotatable bonds is 11. The summed E-state index contributed by atoms with van der Waals surface area (Å²) in [4.78, 5) is 25.9. The van der Waals surface area contributed by atoms with Crippen molar-refractivity contribution in [3.63, 3.8) is 0 Å². The monoisotopic (exact) mass is 539 g/mol. The van der Waals surface area contributed by atoms with Crippen LogP contribution in [0, 0.1) is 13.8 Å². The van der Waals surface area contributed by atoms with E-state index in [-0.39, 0.29) is 17.2 Å². The molecule has 0 aliphatic rings. The van der Waals surface area contributed by atoms with Crippen LogP contribution in [0.2, 0.25) is 0 Å². The molecule has 0 aliphatic heterocycles. The van der Waals surface area contributed by atoms with Gasteiger partial charge in [-0.2, -0.15) is 0 Å². The Bertz CT molecular complexity index is 1420. The summed E-state index contributed by atoms with van der Waals surface area (Å²) in [7, 11) is -0.615. The standard InChI is InChI=1S/C28H33N3O6S/c1-19-9-8-12-24(20(19)2)31(38(5,34)35)18-27(32)30-23-11-7-6-10-22(23)28(33)29-16-15-21-13-14-25(36-3)26(17-21)37-4/h6-14,17H,15-16,18H2,1-5H3,(H,29,33)(H,30,32). The first-order valence-electron chi connectivity index (χ1n) is 12.0. The third-order valence-corrected chi connectivity index (χ3v) is 7.25. The fraction of sp³-hybridized carbons (Fsp3) is 0.286. The second kappa shape index (κ2) is 12.5. The van der Waals surface area contributed by atoms with E-state index in [0.29, 0.717) is 30.2 Å². The van der Waals surface area contributed by atoms with Crippen LogP contribution in [0.25, 0.3) is 0 Å². The number of methoxy groups -OCH3 is 2. The number of aryl methyl sites for hydroxylation is 1. The zero-order valence-corrected chi connectivity index (χ0v) is 23.0. The van der Waals surface area contributed by atoms with E-state index in [1.807, 2.05) is 32.0 Å². The molecule has 0 unspecified atom stereocenters. The van der Waals surface area contributed by atoms with E-state index in [2.05, 4.69) is 10.6 Å². The molecule has 202 valence electrons. The topological polar surface area (TPSA) is 114 Å². The lowest BCUT2D eigenvalue weighted by atomic mass is 10.1. The lowest BCUT2D eigenvalue weighted by Gasteiger charge is -2.24. The summed E-state index contributed by atoms with van der Waals surface area (Å²) in [5, 5.41) is 5.56. The van der Waals surface area contributed by atoms with Crippen molar-refractivity contribution >= 4 is 33.2 Å². The molecule has 0 aliphatic carbocycles. The van der Waals surface area contributed by atoms with Crippen molar-refractivity contribution in [2.45, 2.75) is 20.3 Å². The molecule has 0 saturated heterocycles. The largest absolute Gasteiger partial charge is 0.493 e. The second-order valence-corrected chi connectivity index (χ2v) is 10.7. The minimum Gasteiger partial charge on any atom is -0.493 e. The summed E-state index contributed by atoms with van der Waals surface area (Å²) in [6, 6.07) is 17.4. The lowest BCUT2D eigenvalue weighted by Crippen LogP contribution is -2.38. The van der Waals surface area contributed by atoms with Crippen LogP contribution in [-0.2, 0) is 21.2 Å². The Balaban J connectivity index is 1.69. The van der Waals surface area contributed by atoms with Crippen molar-refractivity contribution in [3.8, 4) is 11.5 Å². The van der Waals surface area contributed by atoms with Crippen molar-refractivity contribution in [2.24, 2.45) is 0 Å². The van der Waals surface area contributed by atoms with Gasteiger partial charge in [0.05, 0.1) is 37.4 Å². The van der Waals surface area contributed by atoms with E-state index in [9.17, 15) is 18.0 Å². The van der Waals surface area contributed by atoms with Gasteiger partial charge in [-0.15, -0.1) is 0 Å². The summed E-state index contributed by atoms with van der Waals surface area (Å²) in [5.41, 5.74) is 3.62. The quantitative estimate of drug-likeness (QED) is 0.384. The minimum atomic E-state index is -3.74. The Morgan fingerprint density at radius 3 is 2.32 bits per heavy atom. The van der Waals surface area contributed by atoms with Crippen LogP contribution in [0.4, 0.5) is 11.4 Å². The van der Waals surface area contributed by atoms with Crippen molar-refractivity contribution < 1.29 is 27.5 Å². The zero-order chi connectivity index (χ0) is 27.9. The van der Waals surface area contributed by atoms with E-state index in [1.54, 1.807) is 56.7 Å². The first-order chi connectivity index (χ1) is 18.0. The lowest BCUT2D eigenvalue weighted by molar-refractivity contribution is -0.114. The van der Waals surface area contributed by atoms with Crippen LogP contribution in [0.1, 0.15) is 27.0 Å². The van der Waals surface area contributed by atoms with E-state index < -0.39 is 22.5 Å². The Kier molecular flexibility index (Phi) is 9.35. The summed E-state index contributed by atoms with van der Waals surface area (Å²) in [6.45, 7) is 3.60. The molecule has 3 rings (SSSR count). The molecular formula is C28H33N3O6S. The SMILES string of the molecule is COc1ccc(CCNC(=O)c2ccccc2NC(=O)CN(c2cccc(C)c2C)S(C)(=O)=O)cc1OC. The summed E-state index contributed by atoms with van der Waals surface area (Å²) in [5.74, 6) is 0.295. The number of nitrogens with zero attached hydrogens (tertiary/aromatic N) is 1. The van der Waals surface area contributed by atoms with E-state index in [4.69, 9.17) is 9.47 Å². The molecule has 0 atom stereocenters. The van der Waals surface area contributed by atoms with Crippen molar-refractivity contribution in [1.82, 2.24) is 5.32 Å². The number of sulfonamides is 1. The van der Waals surface area contributed by atoms with Crippen LogP contribution in [0.3, 0.4) is 0 Å². The second-order valence-electron chi connectivity index (χ2n) is 8.78. The average molecular weight is 540 g/mol. The number of carbonyl (C=O) groups excluding carboxylic acids is 2. The van der Waals surface area contributed by atoms with Gasteiger partial charge in [-0.05, 0) is 67.3 Å². The molecule has 9 nitrogen and oxygen atoms in total. The van der Waals surface area contributed by atoms with Gasteiger partial charge >= 0.3 is 0 Å². The molecule has 0 heterocycles. The van der Waals surface area contributed by atoms with Gasteiger partial charge in [-0.25, -0.2) is 8.42 Å². The van der Waals surface area contributed by atoms with Crippen LogP contribution in [0.15, 0.2) is 60.7 Å². The number of anilines is 2. The Morgan fingerprint density at radius 1 is 0.921 bits per heavy atom. The molecule has 0 spiro atoms. The van der Waals surface area contributed by atoms with Gasteiger partial charge in [-0.3, -0.25) is 13.9 Å². The molecule has 3 aromatic rings. The highest BCUT2D eigenvalue weighted by atomic mass is 32.2. The number of para-hydroxylation sites is 1. The Labute approximate surface area is 223 Å². The fourth-order valence-electron chi connectivity index (χ4n) is 3.95. The van der Waals surface area contributed by atoms with Gasteiger partial charge in [0.2, 0.25) is 15.9 Å². The highest BCUT2D eigenvalue weighted by Gasteiger charge is 2.23. The number of carbonyl (C=O) groups is 2. The van der Waals surface area contributed by atoms with Gasteiger partial charge in [0, 0.05) is 6.54 Å². The smallest absolute Gasteiger partial charge is 0.253 e. The van der Waals surface area contributed by atoms with E-state index in [0.717, 1.165) is 27.3 Å². The number of amides is 2. The molecule has 0 aromatic heterocycles. The fourth-order valence-corrected chi connectivity index (χ4v) is 4.86. The Hall–Kier alpha value is -4.05. The van der Waals surface area contributed by atoms with Crippen molar-refractivity contribution in [1.29, 1.82) is 0 Å². The van der Waals surface area contributed by atoms with Gasteiger partial charge in [0.25, 0.3) is 5.91 Å². The van der Waals surface area contributed by atoms with E-state index in [1.165, 1.54) is 0 Å². The molecule has 3 aromatic carbocycles. The van der Waals surface area contributed by atoms with Crippen LogP contribution in [0.5, 0.6) is 11.5 Å². The van der Waals surface area contributed by atoms with Crippen LogP contribution < -0.4 is 24.4 Å². The molecule has 0 bridgehead atoms. The van der Waals surface area contributed by atoms with E-state index >= 15 is 0 Å². The highest BCUT2D eigenvalue weighted by Crippen LogP contribution is 2.28. The number of hydrogen-bond donors (Lipinski definition) is 2. The number of hydrogen-bond acceptors (Lipinski definition) is 6. The maximum absolute atomic E-state index is 13.0. The normalized spacial score (nSPS) is 11.0. The summed E-state index contributed by atoms with van der Waals surface area (Å²) in [6.07, 6.45) is 1.61. The summed E-state index contributed by atoms with van der Waals surface area (Å²) >= 11 is 0. The third kappa shape index (κ3) is 7.04. The molecule has 0 radical (unpaired) electrons. The molecule has 0 saturated carbocycles. The van der Waals surface area contributed by atoms with Gasteiger partial charge in [0.1, 0.15) is 6.54 Å². The van der Waals surface area contributed by atoms with Gasteiger partial charge in [0.15, 0.2) is 11.5 Å². The number of benzene rings is 3. The summed E-state index contributed by atoms with van der Waals surface area (Å²) < 4.78 is 36.7. The molecule has 38 heavy (non-hydrogen) atoms. The predicted molar refractivity (Wildman–Crippen MR) is 149 cm³/mol. The number of ether oxygens (including phenoxy) is 2. The highest BCUT2D eigenvalue weighted by molar-refractivity contribution is 7.92. The predicted octanol–water partition coefficient (Wildman–Crippen LogP) is 3.70. The first-order valence-corrected chi connectivity index (χ1v) is 13.8. The third-order valence-electron chi connectivity index (χ3n) is 6.13. The van der Waals surface area contributed by atoms with Crippen molar-refractivity contribution in [3.05, 3.63) is 82.9 Å². The van der Waals surface area contributed by atoms with Crippen LogP contribution in [-0.4, -0.2) is 53.8 Å². The molecule has 0 fully saturated rings. The first kappa shape index (κ1) is 28.5. The molecular weight excluding hydrogens is 506 g/mol. The minimum absolute atomic E-state index is 0.269. The molecule has 10 heteroatoms. The van der Waals surface area contributed by atoms with Crippen LogP contribution >= 0.6 is 0 Å². The average Bonchev–Trinajstić information content (AvgIpc) is 2.88. The maximum atomic E-state index is 13.0. The van der Waals surface area contributed by atoms with Crippen molar-refractivity contribution in [2.75, 3.05) is 43.2 Å². The Morgan fingerprint density at radius 2 is 1.63 bits per heavy atom. The molecule has 2 N–H and O–H groups in total. The molecule has 2 amide bonds. The maximum Gasteiger partial charge on any atom is 0.253 e. The van der Waals surface area contributed by atoms with Gasteiger partial charge in [-0.1, -0.05) is 30.3 Å².